The summed E-state index contributed by atoms with van der Waals surface area (Å²) in [5.41, 5.74) is 10.2. The fraction of sp³-hybridized carbons (Fsp3) is 0. The zero-order valence-electron chi connectivity index (χ0n) is 29.5. The lowest BCUT2D eigenvalue weighted by Crippen LogP contribution is -2.00. The molecule has 0 amide bonds. The maximum atomic E-state index is 4.93. The molecular weight excluding hydrogens is 673 g/mol. The van der Waals surface area contributed by atoms with Crippen LogP contribution < -0.4 is 0 Å². The molecule has 55 heavy (non-hydrogen) atoms. The van der Waals surface area contributed by atoms with Gasteiger partial charge in [0.15, 0.2) is 17.5 Å². The van der Waals surface area contributed by atoms with Gasteiger partial charge in [0.2, 0.25) is 0 Å². The molecule has 0 aliphatic rings. The van der Waals surface area contributed by atoms with Crippen LogP contribution in [0.25, 0.3) is 105 Å². The first kappa shape index (κ1) is 31.0. The van der Waals surface area contributed by atoms with Crippen LogP contribution in [0.1, 0.15) is 0 Å². The van der Waals surface area contributed by atoms with Gasteiger partial charge in [-0.2, -0.15) is 0 Å². The van der Waals surface area contributed by atoms with Crippen molar-refractivity contribution in [3.8, 4) is 51.0 Å². The van der Waals surface area contributed by atoms with Gasteiger partial charge in [0.1, 0.15) is 0 Å². The van der Waals surface area contributed by atoms with Crippen molar-refractivity contribution in [3.05, 3.63) is 182 Å². The summed E-state index contributed by atoms with van der Waals surface area (Å²) in [6.45, 7) is 0. The van der Waals surface area contributed by atoms with Gasteiger partial charge in [0, 0.05) is 56.3 Å². The summed E-state index contributed by atoms with van der Waals surface area (Å²) in [7, 11) is 0. The minimum absolute atomic E-state index is 0.635. The Hall–Kier alpha value is -7.57. The summed E-state index contributed by atoms with van der Waals surface area (Å²) in [5, 5.41) is 6.98. The Morgan fingerprint density at radius 2 is 0.836 bits per heavy atom. The molecule has 11 aromatic rings. The summed E-state index contributed by atoms with van der Waals surface area (Å²) in [5.74, 6) is 1.93. The van der Waals surface area contributed by atoms with Crippen LogP contribution in [0.5, 0.6) is 0 Å². The predicted octanol–water partition coefficient (Wildman–Crippen LogP) is 11.9. The molecule has 0 bridgehead atoms. The maximum absolute atomic E-state index is 4.93. The summed E-state index contributed by atoms with van der Waals surface area (Å²) in [4.78, 5) is 24.4. The Morgan fingerprint density at radius 1 is 0.309 bits per heavy atom. The molecule has 8 aromatic carbocycles. The van der Waals surface area contributed by atoms with Crippen LogP contribution in [-0.2, 0) is 0 Å². The number of para-hydroxylation sites is 1. The molecule has 0 aliphatic heterocycles. The Morgan fingerprint density at radius 3 is 1.51 bits per heavy atom. The molecule has 0 spiro atoms. The molecule has 0 radical (unpaired) electrons. The zero-order chi connectivity index (χ0) is 36.3. The molecule has 3 aromatic heterocycles. The van der Waals surface area contributed by atoms with Gasteiger partial charge >= 0.3 is 0 Å². The fourth-order valence-corrected chi connectivity index (χ4v) is 7.94. The largest absolute Gasteiger partial charge is 0.309 e. The number of hydrogen-bond acceptors (Lipinski definition) is 5. The van der Waals surface area contributed by atoms with E-state index in [2.05, 4.69) is 114 Å². The molecule has 0 saturated heterocycles. The number of fused-ring (bicyclic) bond motifs is 9. The van der Waals surface area contributed by atoms with Crippen molar-refractivity contribution in [3.63, 3.8) is 0 Å². The lowest BCUT2D eigenvalue weighted by Gasteiger charge is -2.13. The lowest BCUT2D eigenvalue weighted by atomic mass is 9.97. The van der Waals surface area contributed by atoms with Crippen LogP contribution in [0.3, 0.4) is 0 Å². The monoisotopic (exact) mass is 702 g/mol. The molecule has 6 heteroatoms. The van der Waals surface area contributed by atoms with E-state index in [1.54, 1.807) is 12.4 Å². The van der Waals surface area contributed by atoms with Crippen molar-refractivity contribution in [2.45, 2.75) is 0 Å². The summed E-state index contributed by atoms with van der Waals surface area (Å²) in [6, 6.07) is 59.2. The third kappa shape index (κ3) is 5.15. The average molecular weight is 703 g/mol. The van der Waals surface area contributed by atoms with Gasteiger partial charge in [-0.25, -0.2) is 15.0 Å². The van der Waals surface area contributed by atoms with E-state index in [9.17, 15) is 0 Å². The van der Waals surface area contributed by atoms with E-state index in [0.29, 0.717) is 17.5 Å². The van der Waals surface area contributed by atoms with Gasteiger partial charge < -0.3 is 4.57 Å². The molecule has 3 heterocycles. The Balaban J connectivity index is 1.04. The van der Waals surface area contributed by atoms with Gasteiger partial charge in [-0.1, -0.05) is 140 Å². The number of rotatable bonds is 5. The first-order chi connectivity index (χ1) is 27.3. The first-order valence-electron chi connectivity index (χ1n) is 18.3. The summed E-state index contributed by atoms with van der Waals surface area (Å²) >= 11 is 0. The van der Waals surface area contributed by atoms with Crippen molar-refractivity contribution >= 4 is 54.4 Å². The molecule has 6 nitrogen and oxygen atoms in total. The predicted molar refractivity (Wildman–Crippen MR) is 224 cm³/mol. The van der Waals surface area contributed by atoms with Gasteiger partial charge in [-0.15, -0.1) is 0 Å². The van der Waals surface area contributed by atoms with Crippen molar-refractivity contribution in [1.82, 2.24) is 29.5 Å². The number of nitrogens with zero attached hydrogens (tertiary/aromatic N) is 6. The molecule has 256 valence electrons. The van der Waals surface area contributed by atoms with E-state index in [1.807, 2.05) is 60.7 Å². The number of hydrogen-bond donors (Lipinski definition) is 0. The van der Waals surface area contributed by atoms with Crippen molar-refractivity contribution in [2.75, 3.05) is 0 Å². The molecular formula is C49H30N6. The van der Waals surface area contributed by atoms with Crippen LogP contribution in [0, 0.1) is 0 Å². The molecule has 0 unspecified atom stereocenters. The highest BCUT2D eigenvalue weighted by Crippen LogP contribution is 2.40. The third-order valence-electron chi connectivity index (χ3n) is 10.5. The number of benzene rings is 8. The van der Waals surface area contributed by atoms with Crippen LogP contribution in [0.2, 0.25) is 0 Å². The maximum Gasteiger partial charge on any atom is 0.164 e. The van der Waals surface area contributed by atoms with Crippen LogP contribution >= 0.6 is 0 Å². The quantitative estimate of drug-likeness (QED) is 0.167. The van der Waals surface area contributed by atoms with E-state index < -0.39 is 0 Å². The second kappa shape index (κ2) is 12.5. The van der Waals surface area contributed by atoms with Crippen molar-refractivity contribution in [2.24, 2.45) is 0 Å². The average Bonchev–Trinajstić information content (AvgIpc) is 3.60. The lowest BCUT2D eigenvalue weighted by molar-refractivity contribution is 1.07. The standard InChI is InChI=1S/C49H30N6/c1-3-12-32(13-4-1)47-52-48(33-14-5-2-6-15-33)54-49(53-47)34-24-22-31(23-25-34)35-16-11-17-36(28-35)55-43-21-10-9-19-38(43)41-29-40-37-18-7-8-20-39(37)45-46(51-27-26-50-45)42(40)30-44(41)55/h1-30H. The zero-order valence-corrected chi connectivity index (χ0v) is 29.5. The first-order valence-corrected chi connectivity index (χ1v) is 18.3. The molecule has 0 N–H and O–H groups in total. The van der Waals surface area contributed by atoms with Crippen molar-refractivity contribution in [1.29, 1.82) is 0 Å². The van der Waals surface area contributed by atoms with Gasteiger partial charge in [-0.3, -0.25) is 9.97 Å². The molecule has 0 atom stereocenters. The minimum Gasteiger partial charge on any atom is -0.309 e. The molecule has 0 fully saturated rings. The molecule has 0 aliphatic carbocycles. The normalized spacial score (nSPS) is 11.6. The van der Waals surface area contributed by atoms with Gasteiger partial charge in [0.25, 0.3) is 0 Å². The second-order valence-corrected chi connectivity index (χ2v) is 13.7. The molecule has 11 rings (SSSR count). The van der Waals surface area contributed by atoms with E-state index >= 15 is 0 Å². The third-order valence-corrected chi connectivity index (χ3v) is 10.5. The van der Waals surface area contributed by atoms with E-state index in [-0.39, 0.29) is 0 Å². The van der Waals surface area contributed by atoms with E-state index in [1.165, 1.54) is 21.5 Å². The van der Waals surface area contributed by atoms with Gasteiger partial charge in [-0.05, 0) is 52.2 Å². The van der Waals surface area contributed by atoms with Crippen LogP contribution in [-0.4, -0.2) is 29.5 Å². The highest BCUT2D eigenvalue weighted by Gasteiger charge is 2.18. The van der Waals surface area contributed by atoms with Crippen molar-refractivity contribution < 1.29 is 0 Å². The fourth-order valence-electron chi connectivity index (χ4n) is 7.94. The smallest absolute Gasteiger partial charge is 0.164 e. The minimum atomic E-state index is 0.635. The Labute approximate surface area is 316 Å². The second-order valence-electron chi connectivity index (χ2n) is 13.7. The SMILES string of the molecule is c1ccc(-c2nc(-c3ccccc3)nc(-c3ccc(-c4cccc(-n5c6ccccc6c6cc7c8ccccc8c8nccnc8c7cc65)c4)cc3)n2)cc1. The Bertz CT molecular complexity index is 3190. The van der Waals surface area contributed by atoms with Crippen LogP contribution in [0.15, 0.2) is 182 Å². The van der Waals surface area contributed by atoms with Gasteiger partial charge in [0.05, 0.1) is 22.1 Å². The summed E-state index contributed by atoms with van der Waals surface area (Å²) in [6.07, 6.45) is 3.57. The Kier molecular flexibility index (Phi) is 7.07. The van der Waals surface area contributed by atoms with E-state index in [0.717, 1.165) is 66.3 Å². The topological polar surface area (TPSA) is 69.4 Å². The molecule has 0 saturated carbocycles. The van der Waals surface area contributed by atoms with Crippen LogP contribution in [0.4, 0.5) is 0 Å². The summed E-state index contributed by atoms with van der Waals surface area (Å²) < 4.78 is 2.38. The number of aromatic nitrogens is 6. The highest BCUT2D eigenvalue weighted by molar-refractivity contribution is 6.27. The highest BCUT2D eigenvalue weighted by atomic mass is 15.0. The van der Waals surface area contributed by atoms with E-state index in [4.69, 9.17) is 24.9 Å².